The van der Waals surface area contributed by atoms with E-state index in [0.29, 0.717) is 11.4 Å². The molecule has 1 unspecified atom stereocenters. The van der Waals surface area contributed by atoms with Gasteiger partial charge in [0.1, 0.15) is 0 Å². The highest BCUT2D eigenvalue weighted by atomic mass is 79.9. The Morgan fingerprint density at radius 3 is 2.50 bits per heavy atom. The molecular weight excluding hydrogens is 266 g/mol. The zero-order valence-electron chi connectivity index (χ0n) is 8.50. The van der Waals surface area contributed by atoms with Crippen LogP contribution in [0.15, 0.2) is 0 Å². The minimum Gasteiger partial charge on any atom is -0.215 e. The van der Waals surface area contributed by atoms with Gasteiger partial charge in [0.25, 0.3) is 0 Å². The first kappa shape index (κ1) is 12.5. The summed E-state index contributed by atoms with van der Waals surface area (Å²) in [4.78, 5) is 0.369. The molecule has 14 heavy (non-hydrogen) atoms. The van der Waals surface area contributed by atoms with Gasteiger partial charge in [-0.3, -0.25) is 0 Å². The van der Waals surface area contributed by atoms with Gasteiger partial charge in [0.15, 0.2) is 0 Å². The molecule has 84 valence electrons. The summed E-state index contributed by atoms with van der Waals surface area (Å²) >= 11 is 3.39. The van der Waals surface area contributed by atoms with Crippen molar-refractivity contribution in [3.63, 3.8) is 0 Å². The van der Waals surface area contributed by atoms with Crippen molar-refractivity contribution >= 4 is 26.0 Å². The van der Waals surface area contributed by atoms with Gasteiger partial charge in [-0.05, 0) is 19.3 Å². The standard InChI is InChI=1S/C9H18BrNO2S/c1-8(10)6-7-11-14(12,13)9-4-2-3-5-9/h8-9,11H,2-7H2,1H3. The van der Waals surface area contributed by atoms with Crippen LogP contribution in [-0.2, 0) is 10.0 Å². The van der Waals surface area contributed by atoms with E-state index in [-0.39, 0.29) is 5.25 Å². The fourth-order valence-corrected chi connectivity index (χ4v) is 3.54. The first-order valence-corrected chi connectivity index (χ1v) is 7.61. The first-order chi connectivity index (χ1) is 6.52. The summed E-state index contributed by atoms with van der Waals surface area (Å²) < 4.78 is 26.1. The largest absolute Gasteiger partial charge is 0.215 e. The molecule has 5 heteroatoms. The number of hydrogen-bond donors (Lipinski definition) is 1. The normalized spacial score (nSPS) is 21.3. The van der Waals surface area contributed by atoms with Gasteiger partial charge in [-0.25, -0.2) is 13.1 Å². The topological polar surface area (TPSA) is 46.2 Å². The molecule has 0 aromatic rings. The summed E-state index contributed by atoms with van der Waals surface area (Å²) in [7, 11) is -3.03. The zero-order valence-corrected chi connectivity index (χ0v) is 10.9. The lowest BCUT2D eigenvalue weighted by atomic mass is 10.3. The molecular formula is C9H18BrNO2S. The average molecular weight is 284 g/mol. The Hall–Kier alpha value is 0.390. The fourth-order valence-electron chi connectivity index (χ4n) is 1.72. The number of rotatable bonds is 5. The van der Waals surface area contributed by atoms with Crippen LogP contribution in [-0.4, -0.2) is 25.0 Å². The first-order valence-electron chi connectivity index (χ1n) is 5.15. The predicted octanol–water partition coefficient (Wildman–Crippen LogP) is 2.02. The second-order valence-electron chi connectivity index (χ2n) is 3.92. The van der Waals surface area contributed by atoms with Crippen LogP contribution >= 0.6 is 15.9 Å². The summed E-state index contributed by atoms with van der Waals surface area (Å²) in [5.74, 6) is 0. The summed E-state index contributed by atoms with van der Waals surface area (Å²) in [6.45, 7) is 2.56. The van der Waals surface area contributed by atoms with Crippen LogP contribution in [0.4, 0.5) is 0 Å². The van der Waals surface area contributed by atoms with E-state index in [1.165, 1.54) is 0 Å². The van der Waals surface area contributed by atoms with Crippen molar-refractivity contribution in [3.8, 4) is 0 Å². The van der Waals surface area contributed by atoms with E-state index < -0.39 is 10.0 Å². The average Bonchev–Trinajstić information content (AvgIpc) is 2.54. The number of nitrogens with one attached hydrogen (secondary N) is 1. The highest BCUT2D eigenvalue weighted by molar-refractivity contribution is 9.09. The molecule has 1 aliphatic rings. The molecule has 0 bridgehead atoms. The van der Waals surface area contributed by atoms with Crippen LogP contribution in [0.1, 0.15) is 39.0 Å². The summed E-state index contributed by atoms with van der Waals surface area (Å²) in [6.07, 6.45) is 4.62. The molecule has 0 amide bonds. The third kappa shape index (κ3) is 3.87. The SMILES string of the molecule is CC(Br)CCNS(=O)(=O)C1CCCC1. The molecule has 0 heterocycles. The van der Waals surface area contributed by atoms with Gasteiger partial charge in [0, 0.05) is 11.4 Å². The summed E-state index contributed by atoms with van der Waals surface area (Å²) in [5, 5.41) is -0.131. The van der Waals surface area contributed by atoms with Gasteiger partial charge in [0.05, 0.1) is 5.25 Å². The number of halogens is 1. The van der Waals surface area contributed by atoms with E-state index in [4.69, 9.17) is 0 Å². The Kier molecular flexibility index (Phi) is 4.87. The monoisotopic (exact) mass is 283 g/mol. The van der Waals surface area contributed by atoms with Crippen molar-refractivity contribution < 1.29 is 8.42 Å². The molecule has 0 aliphatic heterocycles. The molecule has 3 nitrogen and oxygen atoms in total. The van der Waals surface area contributed by atoms with Crippen molar-refractivity contribution in [2.45, 2.75) is 49.1 Å². The Balaban J connectivity index is 2.34. The van der Waals surface area contributed by atoms with Crippen molar-refractivity contribution in [3.05, 3.63) is 0 Å². The molecule has 1 rings (SSSR count). The molecule has 0 spiro atoms. The minimum absolute atomic E-state index is 0.131. The number of hydrogen-bond acceptors (Lipinski definition) is 2. The van der Waals surface area contributed by atoms with Crippen molar-refractivity contribution in [2.24, 2.45) is 0 Å². The van der Waals surface area contributed by atoms with Gasteiger partial charge in [0.2, 0.25) is 10.0 Å². The van der Waals surface area contributed by atoms with Gasteiger partial charge >= 0.3 is 0 Å². The molecule has 0 aromatic heterocycles. The van der Waals surface area contributed by atoms with Crippen LogP contribution in [0.3, 0.4) is 0 Å². The van der Waals surface area contributed by atoms with Crippen LogP contribution in [0, 0.1) is 0 Å². The molecule has 1 fully saturated rings. The van der Waals surface area contributed by atoms with Crippen molar-refractivity contribution in [1.82, 2.24) is 4.72 Å². The van der Waals surface area contributed by atoms with Gasteiger partial charge < -0.3 is 0 Å². The smallest absolute Gasteiger partial charge is 0.214 e. The maximum absolute atomic E-state index is 11.7. The van der Waals surface area contributed by atoms with Gasteiger partial charge in [-0.2, -0.15) is 0 Å². The predicted molar refractivity (Wildman–Crippen MR) is 62.2 cm³/mol. The summed E-state index contributed by atoms with van der Waals surface area (Å²) in [5.41, 5.74) is 0. The third-order valence-corrected chi connectivity index (χ3v) is 5.00. The number of sulfonamides is 1. The van der Waals surface area contributed by atoms with Gasteiger partial charge in [-0.15, -0.1) is 0 Å². The molecule has 1 atom stereocenters. The summed E-state index contributed by atoms with van der Waals surface area (Å²) in [6, 6.07) is 0. The lowest BCUT2D eigenvalue weighted by Gasteiger charge is -2.12. The molecule has 1 aliphatic carbocycles. The Labute approximate surface area is 94.8 Å². The lowest BCUT2D eigenvalue weighted by Crippen LogP contribution is -2.33. The molecule has 1 saturated carbocycles. The third-order valence-electron chi connectivity index (χ3n) is 2.59. The van der Waals surface area contributed by atoms with E-state index in [9.17, 15) is 8.42 Å². The van der Waals surface area contributed by atoms with Crippen LogP contribution < -0.4 is 4.72 Å². The molecule has 0 aromatic carbocycles. The van der Waals surface area contributed by atoms with Crippen LogP contribution in [0.5, 0.6) is 0 Å². The maximum Gasteiger partial charge on any atom is 0.214 e. The fraction of sp³-hybridized carbons (Fsp3) is 1.00. The van der Waals surface area contributed by atoms with E-state index >= 15 is 0 Å². The molecule has 0 saturated heterocycles. The van der Waals surface area contributed by atoms with Gasteiger partial charge in [-0.1, -0.05) is 35.7 Å². The Morgan fingerprint density at radius 2 is 2.00 bits per heavy atom. The zero-order chi connectivity index (χ0) is 10.6. The highest BCUT2D eigenvalue weighted by Gasteiger charge is 2.27. The van der Waals surface area contributed by atoms with Crippen molar-refractivity contribution in [2.75, 3.05) is 6.54 Å². The van der Waals surface area contributed by atoms with E-state index in [1.54, 1.807) is 0 Å². The highest BCUT2D eigenvalue weighted by Crippen LogP contribution is 2.23. The minimum atomic E-state index is -3.03. The molecule has 0 radical (unpaired) electrons. The Morgan fingerprint density at radius 1 is 1.43 bits per heavy atom. The van der Waals surface area contributed by atoms with Crippen LogP contribution in [0.25, 0.3) is 0 Å². The Bertz CT molecular complexity index is 258. The quantitative estimate of drug-likeness (QED) is 0.785. The lowest BCUT2D eigenvalue weighted by molar-refractivity contribution is 0.562. The second-order valence-corrected chi connectivity index (χ2v) is 7.52. The maximum atomic E-state index is 11.7. The van der Waals surface area contributed by atoms with Crippen LogP contribution in [0.2, 0.25) is 0 Å². The molecule has 1 N–H and O–H groups in total. The van der Waals surface area contributed by atoms with Crippen molar-refractivity contribution in [1.29, 1.82) is 0 Å². The van der Waals surface area contributed by atoms with E-state index in [0.717, 1.165) is 32.1 Å². The number of alkyl halides is 1. The van der Waals surface area contributed by atoms with E-state index in [2.05, 4.69) is 20.7 Å². The van der Waals surface area contributed by atoms with E-state index in [1.807, 2.05) is 6.92 Å². The second kappa shape index (κ2) is 5.47.